The van der Waals surface area contributed by atoms with E-state index in [-0.39, 0.29) is 16.5 Å². The maximum atomic E-state index is 12.6. The Morgan fingerprint density at radius 2 is 1.79 bits per heavy atom. The normalized spacial score (nSPS) is 11.8. The van der Waals surface area contributed by atoms with Crippen LogP contribution in [0.3, 0.4) is 0 Å². The van der Waals surface area contributed by atoms with Gasteiger partial charge in [0.05, 0.1) is 4.90 Å². The van der Waals surface area contributed by atoms with Crippen molar-refractivity contribution in [1.82, 2.24) is 14.5 Å². The molecule has 2 aromatic carbocycles. The first-order valence-corrected chi connectivity index (χ1v) is 10.8. The van der Waals surface area contributed by atoms with E-state index in [1.165, 1.54) is 34.8 Å². The van der Waals surface area contributed by atoms with Crippen LogP contribution in [0, 0.1) is 0 Å². The highest BCUT2D eigenvalue weighted by Crippen LogP contribution is 2.26. The SMILES string of the molecule is CC(C)N(C)S(=O)(=O)c1cccc(C(=O)Nc2nnc(-c3ccccc3)s2)c1. The zero-order valence-corrected chi connectivity index (χ0v) is 17.3. The molecule has 1 N–H and O–H groups in total. The first-order valence-electron chi connectivity index (χ1n) is 8.57. The number of nitrogens with one attached hydrogen (secondary N) is 1. The third-order valence-electron chi connectivity index (χ3n) is 4.17. The fourth-order valence-electron chi connectivity index (χ4n) is 2.38. The highest BCUT2D eigenvalue weighted by molar-refractivity contribution is 7.89. The van der Waals surface area contributed by atoms with Gasteiger partial charge in [0.15, 0.2) is 0 Å². The number of hydrogen-bond donors (Lipinski definition) is 1. The molecule has 0 aliphatic rings. The third kappa shape index (κ3) is 4.27. The van der Waals surface area contributed by atoms with Crippen LogP contribution in [0.15, 0.2) is 59.5 Å². The van der Waals surface area contributed by atoms with E-state index < -0.39 is 15.9 Å². The van der Waals surface area contributed by atoms with Crippen molar-refractivity contribution in [2.24, 2.45) is 0 Å². The lowest BCUT2D eigenvalue weighted by Crippen LogP contribution is -2.33. The van der Waals surface area contributed by atoms with E-state index in [1.807, 2.05) is 30.3 Å². The maximum absolute atomic E-state index is 12.6. The van der Waals surface area contributed by atoms with Gasteiger partial charge in [-0.1, -0.05) is 47.7 Å². The fourth-order valence-corrected chi connectivity index (χ4v) is 4.54. The second kappa shape index (κ2) is 8.17. The summed E-state index contributed by atoms with van der Waals surface area (Å²) in [6, 6.07) is 15.3. The minimum absolute atomic E-state index is 0.0681. The predicted octanol–water partition coefficient (Wildman–Crippen LogP) is 3.49. The Bertz CT molecular complexity index is 1080. The second-order valence-electron chi connectivity index (χ2n) is 6.38. The Balaban J connectivity index is 1.80. The summed E-state index contributed by atoms with van der Waals surface area (Å²) in [5.74, 6) is -0.444. The van der Waals surface area contributed by atoms with E-state index in [4.69, 9.17) is 0 Å². The predicted molar refractivity (Wildman–Crippen MR) is 110 cm³/mol. The number of rotatable bonds is 6. The zero-order valence-electron chi connectivity index (χ0n) is 15.7. The number of hydrogen-bond acceptors (Lipinski definition) is 6. The molecule has 0 saturated carbocycles. The van der Waals surface area contributed by atoms with Crippen molar-refractivity contribution in [2.75, 3.05) is 12.4 Å². The first-order chi connectivity index (χ1) is 13.3. The van der Waals surface area contributed by atoms with Crippen LogP contribution in [-0.2, 0) is 10.0 Å². The van der Waals surface area contributed by atoms with Gasteiger partial charge in [0.2, 0.25) is 15.2 Å². The summed E-state index contributed by atoms with van der Waals surface area (Å²) in [5, 5.41) is 11.8. The van der Waals surface area contributed by atoms with Gasteiger partial charge in [0.1, 0.15) is 5.01 Å². The van der Waals surface area contributed by atoms with Crippen LogP contribution in [0.1, 0.15) is 24.2 Å². The lowest BCUT2D eigenvalue weighted by atomic mass is 10.2. The number of benzene rings is 2. The molecular formula is C19H20N4O3S2. The number of nitrogens with zero attached hydrogens (tertiary/aromatic N) is 3. The molecule has 3 rings (SSSR count). The Kier molecular flexibility index (Phi) is 5.87. The van der Waals surface area contributed by atoms with Crippen molar-refractivity contribution in [3.05, 3.63) is 60.2 Å². The van der Waals surface area contributed by atoms with Gasteiger partial charge < -0.3 is 0 Å². The smallest absolute Gasteiger partial charge is 0.257 e. The summed E-state index contributed by atoms with van der Waals surface area (Å²) in [6.45, 7) is 3.57. The van der Waals surface area contributed by atoms with Crippen LogP contribution in [0.5, 0.6) is 0 Å². The quantitative estimate of drug-likeness (QED) is 0.664. The van der Waals surface area contributed by atoms with E-state index in [0.29, 0.717) is 10.1 Å². The minimum atomic E-state index is -3.67. The summed E-state index contributed by atoms with van der Waals surface area (Å²) in [5.41, 5.74) is 1.14. The van der Waals surface area contributed by atoms with Crippen LogP contribution in [-0.4, -0.2) is 41.9 Å². The molecule has 28 heavy (non-hydrogen) atoms. The Hall–Kier alpha value is -2.62. The summed E-state index contributed by atoms with van der Waals surface area (Å²) < 4.78 is 26.5. The lowest BCUT2D eigenvalue weighted by Gasteiger charge is -2.21. The number of carbonyl (C=O) groups is 1. The third-order valence-corrected chi connectivity index (χ3v) is 7.08. The summed E-state index contributed by atoms with van der Waals surface area (Å²) in [7, 11) is -2.16. The molecule has 0 spiro atoms. The van der Waals surface area contributed by atoms with Gasteiger partial charge in [-0.15, -0.1) is 10.2 Å². The molecule has 0 saturated heterocycles. The van der Waals surface area contributed by atoms with E-state index in [9.17, 15) is 13.2 Å². The monoisotopic (exact) mass is 416 g/mol. The molecule has 9 heteroatoms. The molecule has 146 valence electrons. The van der Waals surface area contributed by atoms with Gasteiger partial charge in [-0.2, -0.15) is 4.31 Å². The number of carbonyl (C=O) groups excluding carboxylic acids is 1. The molecule has 0 atom stereocenters. The standard InChI is InChI=1S/C19H20N4O3S2/c1-13(2)23(3)28(25,26)16-11-7-10-15(12-16)17(24)20-19-22-21-18(27-19)14-8-5-4-6-9-14/h4-13H,1-3H3,(H,20,22,24). The Morgan fingerprint density at radius 1 is 1.07 bits per heavy atom. The zero-order chi connectivity index (χ0) is 20.3. The molecule has 0 fully saturated rings. The van der Waals surface area contributed by atoms with Crippen molar-refractivity contribution >= 4 is 32.4 Å². The number of anilines is 1. The Labute approximate surface area is 168 Å². The van der Waals surface area contributed by atoms with Crippen molar-refractivity contribution in [1.29, 1.82) is 0 Å². The fraction of sp³-hybridized carbons (Fsp3) is 0.211. The van der Waals surface area contributed by atoms with Crippen molar-refractivity contribution in [3.63, 3.8) is 0 Å². The van der Waals surface area contributed by atoms with Crippen LogP contribution in [0.25, 0.3) is 10.6 Å². The minimum Gasteiger partial charge on any atom is -0.296 e. The molecule has 0 aliphatic carbocycles. The molecule has 0 radical (unpaired) electrons. The van der Waals surface area contributed by atoms with Crippen LogP contribution in [0.2, 0.25) is 0 Å². The van der Waals surface area contributed by atoms with Gasteiger partial charge in [-0.05, 0) is 32.0 Å². The van der Waals surface area contributed by atoms with E-state index in [1.54, 1.807) is 26.0 Å². The number of sulfonamides is 1. The highest BCUT2D eigenvalue weighted by atomic mass is 32.2. The van der Waals surface area contributed by atoms with Crippen LogP contribution in [0.4, 0.5) is 5.13 Å². The molecule has 0 aliphatic heterocycles. The second-order valence-corrected chi connectivity index (χ2v) is 9.35. The van der Waals surface area contributed by atoms with Gasteiger partial charge in [-0.25, -0.2) is 8.42 Å². The lowest BCUT2D eigenvalue weighted by molar-refractivity contribution is 0.102. The van der Waals surface area contributed by atoms with Gasteiger partial charge in [0.25, 0.3) is 5.91 Å². The highest BCUT2D eigenvalue weighted by Gasteiger charge is 2.24. The largest absolute Gasteiger partial charge is 0.296 e. The summed E-state index contributed by atoms with van der Waals surface area (Å²) in [4.78, 5) is 12.6. The van der Waals surface area contributed by atoms with Crippen molar-refractivity contribution in [2.45, 2.75) is 24.8 Å². The first kappa shape index (κ1) is 20.1. The van der Waals surface area contributed by atoms with Crippen LogP contribution < -0.4 is 5.32 Å². The molecule has 1 amide bonds. The summed E-state index contributed by atoms with van der Waals surface area (Å²) >= 11 is 1.25. The topological polar surface area (TPSA) is 92.3 Å². The molecule has 1 aromatic heterocycles. The molecule has 7 nitrogen and oxygen atoms in total. The van der Waals surface area contributed by atoms with E-state index in [0.717, 1.165) is 5.56 Å². The van der Waals surface area contributed by atoms with E-state index >= 15 is 0 Å². The van der Waals surface area contributed by atoms with Crippen molar-refractivity contribution < 1.29 is 13.2 Å². The number of amides is 1. The summed E-state index contributed by atoms with van der Waals surface area (Å²) in [6.07, 6.45) is 0. The Morgan fingerprint density at radius 3 is 2.46 bits per heavy atom. The molecular weight excluding hydrogens is 396 g/mol. The van der Waals surface area contributed by atoms with Crippen molar-refractivity contribution in [3.8, 4) is 10.6 Å². The van der Waals surface area contributed by atoms with Crippen LogP contribution >= 0.6 is 11.3 Å². The van der Waals surface area contributed by atoms with Gasteiger partial charge >= 0.3 is 0 Å². The average Bonchev–Trinajstić information content (AvgIpc) is 3.16. The molecule has 1 heterocycles. The molecule has 0 bridgehead atoms. The molecule has 0 unspecified atom stereocenters. The van der Waals surface area contributed by atoms with Gasteiger partial charge in [0, 0.05) is 24.2 Å². The van der Waals surface area contributed by atoms with E-state index in [2.05, 4.69) is 15.5 Å². The number of aromatic nitrogens is 2. The average molecular weight is 417 g/mol. The maximum Gasteiger partial charge on any atom is 0.257 e. The molecule has 3 aromatic rings. The van der Waals surface area contributed by atoms with Gasteiger partial charge in [-0.3, -0.25) is 10.1 Å².